The molecule has 0 amide bonds. The standard InChI is InChI=1S/C23H21N5O5S2/c29-22-21-17(16-6-2-1-3-7-16)15-34-23(21)25-20(24-22)14-26-10-12-27(13-11-26)35(32,33)19-9-5-4-8-18(19)28(30)31/h1-9,15H,10-14H2,(H,24,25,29). The zero-order chi connectivity index (χ0) is 24.6. The van der Waals surface area contributed by atoms with Crippen LogP contribution in [-0.4, -0.2) is 58.7 Å². The van der Waals surface area contributed by atoms with Crippen LogP contribution in [0.4, 0.5) is 5.69 Å². The third kappa shape index (κ3) is 4.48. The number of piperazine rings is 1. The number of sulfonamides is 1. The van der Waals surface area contributed by atoms with Gasteiger partial charge in [-0.2, -0.15) is 4.31 Å². The van der Waals surface area contributed by atoms with E-state index in [1.165, 1.54) is 39.9 Å². The Bertz CT molecular complexity index is 1560. The number of aromatic nitrogens is 2. The van der Waals surface area contributed by atoms with Crippen LogP contribution in [0.1, 0.15) is 5.82 Å². The fourth-order valence-electron chi connectivity index (χ4n) is 4.20. The molecule has 35 heavy (non-hydrogen) atoms. The average molecular weight is 512 g/mol. The van der Waals surface area contributed by atoms with Gasteiger partial charge in [0.1, 0.15) is 10.7 Å². The van der Waals surface area contributed by atoms with Crippen LogP contribution in [0.2, 0.25) is 0 Å². The van der Waals surface area contributed by atoms with E-state index in [0.29, 0.717) is 35.7 Å². The van der Waals surface area contributed by atoms with Gasteiger partial charge in [0.25, 0.3) is 11.2 Å². The first kappa shape index (κ1) is 23.3. The van der Waals surface area contributed by atoms with Crippen LogP contribution in [-0.2, 0) is 16.6 Å². The van der Waals surface area contributed by atoms with Gasteiger partial charge in [0.2, 0.25) is 10.0 Å². The number of nitro benzene ring substituents is 1. The SMILES string of the molecule is O=c1[nH]c(CN2CCN(S(=O)(=O)c3ccccc3[N+](=O)[O-])CC2)nc2scc(-c3ccccc3)c12. The predicted molar refractivity (Wildman–Crippen MR) is 133 cm³/mol. The normalized spacial score (nSPS) is 15.4. The Kier molecular flexibility index (Phi) is 6.19. The molecule has 12 heteroatoms. The van der Waals surface area contributed by atoms with Crippen LogP contribution < -0.4 is 5.56 Å². The van der Waals surface area contributed by atoms with Crippen molar-refractivity contribution in [1.82, 2.24) is 19.2 Å². The second-order valence-corrected chi connectivity index (χ2v) is 10.9. The lowest BCUT2D eigenvalue weighted by Crippen LogP contribution is -2.48. The van der Waals surface area contributed by atoms with Gasteiger partial charge >= 0.3 is 0 Å². The molecule has 3 heterocycles. The van der Waals surface area contributed by atoms with E-state index in [0.717, 1.165) is 11.1 Å². The van der Waals surface area contributed by atoms with Gasteiger partial charge in [-0.3, -0.25) is 19.8 Å². The molecule has 10 nitrogen and oxygen atoms in total. The lowest BCUT2D eigenvalue weighted by molar-refractivity contribution is -0.387. The largest absolute Gasteiger partial charge is 0.309 e. The zero-order valence-electron chi connectivity index (χ0n) is 18.5. The molecular formula is C23H21N5O5S2. The number of fused-ring (bicyclic) bond motifs is 1. The number of hydrogen-bond donors (Lipinski definition) is 1. The smallest absolute Gasteiger partial charge is 0.289 e. The molecule has 0 saturated carbocycles. The Balaban J connectivity index is 1.31. The van der Waals surface area contributed by atoms with Gasteiger partial charge in [-0.1, -0.05) is 42.5 Å². The number of rotatable bonds is 6. The van der Waals surface area contributed by atoms with E-state index < -0.39 is 20.6 Å². The van der Waals surface area contributed by atoms with E-state index in [1.807, 2.05) is 40.6 Å². The molecule has 180 valence electrons. The maximum atomic E-state index is 13.0. The maximum absolute atomic E-state index is 13.0. The highest BCUT2D eigenvalue weighted by atomic mass is 32.2. The molecule has 0 bridgehead atoms. The number of H-pyrrole nitrogens is 1. The Labute approximate surface area is 204 Å². The highest BCUT2D eigenvalue weighted by molar-refractivity contribution is 7.89. The Morgan fingerprint density at radius 1 is 1.03 bits per heavy atom. The van der Waals surface area contributed by atoms with Crippen molar-refractivity contribution in [1.29, 1.82) is 0 Å². The Hall–Kier alpha value is -3.45. The van der Waals surface area contributed by atoms with Crippen molar-refractivity contribution in [2.24, 2.45) is 0 Å². The first-order valence-corrected chi connectivity index (χ1v) is 13.2. The summed E-state index contributed by atoms with van der Waals surface area (Å²) in [6.45, 7) is 1.53. The second-order valence-electron chi connectivity index (χ2n) is 8.11. The van der Waals surface area contributed by atoms with Crippen LogP contribution in [0.3, 0.4) is 0 Å². The number of aromatic amines is 1. The van der Waals surface area contributed by atoms with Crippen LogP contribution >= 0.6 is 11.3 Å². The quantitative estimate of drug-likeness (QED) is 0.311. The summed E-state index contributed by atoms with van der Waals surface area (Å²) in [5, 5.41) is 13.8. The molecule has 1 N–H and O–H groups in total. The Morgan fingerprint density at radius 2 is 1.71 bits per heavy atom. The van der Waals surface area contributed by atoms with Gasteiger partial charge in [0.15, 0.2) is 4.90 Å². The Morgan fingerprint density at radius 3 is 2.43 bits per heavy atom. The van der Waals surface area contributed by atoms with E-state index in [1.54, 1.807) is 0 Å². The topological polar surface area (TPSA) is 130 Å². The summed E-state index contributed by atoms with van der Waals surface area (Å²) >= 11 is 1.41. The monoisotopic (exact) mass is 511 g/mol. The van der Waals surface area contributed by atoms with Crippen LogP contribution in [0.15, 0.2) is 69.7 Å². The average Bonchev–Trinajstić information content (AvgIpc) is 3.29. The summed E-state index contributed by atoms with van der Waals surface area (Å²) in [6, 6.07) is 15.0. The van der Waals surface area contributed by atoms with Crippen molar-refractivity contribution in [2.45, 2.75) is 11.4 Å². The van der Waals surface area contributed by atoms with Crippen molar-refractivity contribution in [2.75, 3.05) is 26.2 Å². The molecule has 5 rings (SSSR count). The minimum Gasteiger partial charge on any atom is -0.309 e. The minimum atomic E-state index is -4.00. The highest BCUT2D eigenvalue weighted by Crippen LogP contribution is 2.31. The van der Waals surface area contributed by atoms with Crippen molar-refractivity contribution in [3.05, 3.63) is 86.3 Å². The van der Waals surface area contributed by atoms with Crippen molar-refractivity contribution >= 4 is 37.3 Å². The number of nitrogens with zero attached hydrogens (tertiary/aromatic N) is 4. The molecule has 0 spiro atoms. The fourth-order valence-corrected chi connectivity index (χ4v) is 6.75. The van der Waals surface area contributed by atoms with E-state index >= 15 is 0 Å². The van der Waals surface area contributed by atoms with Crippen LogP contribution in [0.25, 0.3) is 21.3 Å². The zero-order valence-corrected chi connectivity index (χ0v) is 20.1. The van der Waals surface area contributed by atoms with Gasteiger partial charge in [0, 0.05) is 43.2 Å². The first-order chi connectivity index (χ1) is 16.8. The van der Waals surface area contributed by atoms with Crippen LogP contribution in [0.5, 0.6) is 0 Å². The minimum absolute atomic E-state index is 0.179. The van der Waals surface area contributed by atoms with E-state index in [2.05, 4.69) is 9.97 Å². The fraction of sp³-hybridized carbons (Fsp3) is 0.217. The van der Waals surface area contributed by atoms with E-state index in [4.69, 9.17) is 0 Å². The third-order valence-electron chi connectivity index (χ3n) is 5.96. The molecule has 0 atom stereocenters. The molecule has 0 radical (unpaired) electrons. The summed E-state index contributed by atoms with van der Waals surface area (Å²) in [7, 11) is -4.00. The van der Waals surface area contributed by atoms with Crippen molar-refractivity contribution in [3.8, 4) is 11.1 Å². The number of nitro groups is 1. The first-order valence-electron chi connectivity index (χ1n) is 10.9. The summed E-state index contributed by atoms with van der Waals surface area (Å²) in [5.74, 6) is 0.513. The lowest BCUT2D eigenvalue weighted by atomic mass is 10.1. The molecule has 2 aromatic heterocycles. The summed E-state index contributed by atoms with van der Waals surface area (Å²) in [6.07, 6.45) is 0. The summed E-state index contributed by atoms with van der Waals surface area (Å²) < 4.78 is 27.3. The molecule has 0 aliphatic carbocycles. The number of benzene rings is 2. The van der Waals surface area contributed by atoms with E-state index in [9.17, 15) is 23.3 Å². The molecular weight excluding hydrogens is 490 g/mol. The van der Waals surface area contributed by atoms with Gasteiger partial charge in [0.05, 0.1) is 16.9 Å². The molecule has 1 saturated heterocycles. The van der Waals surface area contributed by atoms with Crippen molar-refractivity contribution < 1.29 is 13.3 Å². The molecule has 1 aliphatic rings. The lowest BCUT2D eigenvalue weighted by Gasteiger charge is -2.33. The number of hydrogen-bond acceptors (Lipinski definition) is 8. The van der Waals surface area contributed by atoms with Crippen molar-refractivity contribution in [3.63, 3.8) is 0 Å². The van der Waals surface area contributed by atoms with Gasteiger partial charge in [-0.15, -0.1) is 11.3 Å². The van der Waals surface area contributed by atoms with Crippen LogP contribution in [0, 0.1) is 10.1 Å². The second kappa shape index (κ2) is 9.30. The number of thiophene rings is 1. The van der Waals surface area contributed by atoms with Gasteiger partial charge in [-0.25, -0.2) is 13.4 Å². The predicted octanol–water partition coefficient (Wildman–Crippen LogP) is 3.07. The number of nitrogens with one attached hydrogen (secondary N) is 1. The highest BCUT2D eigenvalue weighted by Gasteiger charge is 2.33. The molecule has 4 aromatic rings. The number of para-hydroxylation sites is 1. The molecule has 0 unspecified atom stereocenters. The van der Waals surface area contributed by atoms with E-state index in [-0.39, 0.29) is 23.5 Å². The molecule has 2 aromatic carbocycles. The van der Waals surface area contributed by atoms with Gasteiger partial charge < -0.3 is 4.98 Å². The summed E-state index contributed by atoms with van der Waals surface area (Å²) in [5.41, 5.74) is 1.16. The molecule has 1 aliphatic heterocycles. The van der Waals surface area contributed by atoms with Gasteiger partial charge in [-0.05, 0) is 11.6 Å². The maximum Gasteiger partial charge on any atom is 0.289 e. The third-order valence-corrected chi connectivity index (χ3v) is 8.78. The summed E-state index contributed by atoms with van der Waals surface area (Å²) in [4.78, 5) is 33.3. The molecule has 1 fully saturated rings.